The summed E-state index contributed by atoms with van der Waals surface area (Å²) in [6, 6.07) is 17.2. The van der Waals surface area contributed by atoms with Crippen molar-refractivity contribution >= 4 is 21.7 Å². The SMILES string of the molecule is Cc1c(-c2c3ccc(C(C)C)cc3cc[n+]2C)oc2ccccc12. The molecule has 4 rings (SSSR count). The van der Waals surface area contributed by atoms with Gasteiger partial charge in [-0.3, -0.25) is 0 Å². The summed E-state index contributed by atoms with van der Waals surface area (Å²) in [5.41, 5.74) is 4.64. The van der Waals surface area contributed by atoms with E-state index in [2.05, 4.69) is 75.0 Å². The number of nitrogens with zero attached hydrogens (tertiary/aromatic N) is 1. The molecule has 0 saturated carbocycles. The Labute approximate surface area is 142 Å². The van der Waals surface area contributed by atoms with E-state index in [1.165, 1.54) is 27.3 Å². The summed E-state index contributed by atoms with van der Waals surface area (Å²) in [5.74, 6) is 1.49. The number of fused-ring (bicyclic) bond motifs is 2. The van der Waals surface area contributed by atoms with Gasteiger partial charge in [-0.25, -0.2) is 0 Å². The van der Waals surface area contributed by atoms with Crippen molar-refractivity contribution in [3.05, 3.63) is 65.9 Å². The van der Waals surface area contributed by atoms with Gasteiger partial charge < -0.3 is 4.42 Å². The maximum atomic E-state index is 6.23. The molecule has 0 aliphatic rings. The topological polar surface area (TPSA) is 17.0 Å². The predicted octanol–water partition coefficient (Wildman–Crippen LogP) is 5.51. The van der Waals surface area contributed by atoms with Crippen LogP contribution in [0.3, 0.4) is 0 Å². The zero-order valence-corrected chi connectivity index (χ0v) is 14.6. The highest BCUT2D eigenvalue weighted by atomic mass is 16.3. The van der Waals surface area contributed by atoms with Crippen LogP contribution in [0.15, 0.2) is 59.1 Å². The van der Waals surface area contributed by atoms with E-state index in [4.69, 9.17) is 4.42 Å². The Hall–Kier alpha value is -2.61. The van der Waals surface area contributed by atoms with E-state index in [0.717, 1.165) is 17.0 Å². The number of benzene rings is 2. The molecule has 0 saturated heterocycles. The molecule has 2 nitrogen and oxygen atoms in total. The molecule has 4 aromatic rings. The van der Waals surface area contributed by atoms with Crippen molar-refractivity contribution in [3.8, 4) is 11.5 Å². The summed E-state index contributed by atoms with van der Waals surface area (Å²) in [5, 5.41) is 3.67. The zero-order valence-electron chi connectivity index (χ0n) is 14.6. The average Bonchev–Trinajstić information content (AvgIpc) is 2.91. The summed E-state index contributed by atoms with van der Waals surface area (Å²) in [4.78, 5) is 0. The van der Waals surface area contributed by atoms with E-state index in [-0.39, 0.29) is 0 Å². The van der Waals surface area contributed by atoms with Gasteiger partial charge in [0.2, 0.25) is 5.76 Å². The Kier molecular flexibility index (Phi) is 3.42. The van der Waals surface area contributed by atoms with E-state index < -0.39 is 0 Å². The first-order valence-corrected chi connectivity index (χ1v) is 8.47. The van der Waals surface area contributed by atoms with Crippen molar-refractivity contribution in [1.82, 2.24) is 0 Å². The highest BCUT2D eigenvalue weighted by Gasteiger charge is 2.22. The first-order valence-electron chi connectivity index (χ1n) is 8.47. The fourth-order valence-electron chi connectivity index (χ4n) is 3.43. The number of aromatic nitrogens is 1. The lowest BCUT2D eigenvalue weighted by Gasteiger charge is -2.08. The minimum absolute atomic E-state index is 0.528. The quantitative estimate of drug-likeness (QED) is 0.446. The van der Waals surface area contributed by atoms with Gasteiger partial charge in [-0.2, -0.15) is 4.57 Å². The van der Waals surface area contributed by atoms with Crippen molar-refractivity contribution < 1.29 is 8.98 Å². The van der Waals surface area contributed by atoms with Gasteiger partial charge in [0.25, 0.3) is 5.69 Å². The summed E-state index contributed by atoms with van der Waals surface area (Å²) in [6.07, 6.45) is 2.12. The average molecular weight is 316 g/mol. The van der Waals surface area contributed by atoms with Crippen LogP contribution < -0.4 is 4.57 Å². The van der Waals surface area contributed by atoms with E-state index in [1.807, 2.05) is 12.1 Å². The molecular weight excluding hydrogens is 294 g/mol. The largest absolute Gasteiger partial charge is 0.449 e. The van der Waals surface area contributed by atoms with Crippen LogP contribution in [-0.2, 0) is 7.05 Å². The van der Waals surface area contributed by atoms with Crippen molar-refractivity contribution in [2.45, 2.75) is 26.7 Å². The summed E-state index contributed by atoms with van der Waals surface area (Å²) in [7, 11) is 2.08. The Morgan fingerprint density at radius 1 is 0.958 bits per heavy atom. The van der Waals surface area contributed by atoms with E-state index >= 15 is 0 Å². The molecule has 24 heavy (non-hydrogen) atoms. The number of para-hydroxylation sites is 1. The molecule has 0 atom stereocenters. The van der Waals surface area contributed by atoms with Crippen LogP contribution in [0.4, 0.5) is 0 Å². The smallest absolute Gasteiger partial charge is 0.256 e. The molecule has 2 aromatic carbocycles. The molecule has 2 aromatic heterocycles. The highest BCUT2D eigenvalue weighted by molar-refractivity contribution is 5.96. The molecule has 0 bridgehead atoms. The van der Waals surface area contributed by atoms with Crippen LogP contribution in [0.5, 0.6) is 0 Å². The second-order valence-electron chi connectivity index (χ2n) is 6.83. The number of hydrogen-bond acceptors (Lipinski definition) is 1. The molecule has 0 unspecified atom stereocenters. The van der Waals surface area contributed by atoms with Crippen LogP contribution in [0.2, 0.25) is 0 Å². The van der Waals surface area contributed by atoms with Crippen molar-refractivity contribution in [3.63, 3.8) is 0 Å². The fraction of sp³-hybridized carbons (Fsp3) is 0.227. The van der Waals surface area contributed by atoms with Gasteiger partial charge in [-0.05, 0) is 35.9 Å². The molecule has 0 fully saturated rings. The van der Waals surface area contributed by atoms with Gasteiger partial charge >= 0.3 is 0 Å². The second kappa shape index (κ2) is 5.48. The maximum absolute atomic E-state index is 6.23. The molecule has 2 heterocycles. The van der Waals surface area contributed by atoms with Gasteiger partial charge in [0.05, 0.1) is 5.39 Å². The van der Waals surface area contributed by atoms with E-state index in [1.54, 1.807) is 0 Å². The first kappa shape index (κ1) is 14.9. The lowest BCUT2D eigenvalue weighted by atomic mass is 9.98. The first-order chi connectivity index (χ1) is 11.6. The molecule has 2 heteroatoms. The van der Waals surface area contributed by atoms with E-state index in [0.29, 0.717) is 5.92 Å². The molecule has 0 N–H and O–H groups in total. The number of pyridine rings is 1. The summed E-state index contributed by atoms with van der Waals surface area (Å²) in [6.45, 7) is 6.60. The van der Waals surface area contributed by atoms with Gasteiger partial charge in [-0.1, -0.05) is 44.2 Å². The number of hydrogen-bond donors (Lipinski definition) is 0. The Morgan fingerprint density at radius 3 is 2.50 bits per heavy atom. The van der Waals surface area contributed by atoms with Crippen molar-refractivity contribution in [2.75, 3.05) is 0 Å². The lowest BCUT2D eigenvalue weighted by Crippen LogP contribution is -2.30. The molecule has 0 aliphatic carbocycles. The van der Waals surface area contributed by atoms with Crippen LogP contribution >= 0.6 is 0 Å². The monoisotopic (exact) mass is 316 g/mol. The Bertz CT molecular complexity index is 1060. The van der Waals surface area contributed by atoms with Gasteiger partial charge in [0.1, 0.15) is 12.6 Å². The van der Waals surface area contributed by atoms with Crippen LogP contribution in [-0.4, -0.2) is 0 Å². The normalized spacial score (nSPS) is 11.7. The molecule has 0 radical (unpaired) electrons. The minimum atomic E-state index is 0.528. The Morgan fingerprint density at radius 2 is 1.75 bits per heavy atom. The molecule has 0 aliphatic heterocycles. The lowest BCUT2D eigenvalue weighted by molar-refractivity contribution is -0.659. The third kappa shape index (κ3) is 2.22. The van der Waals surface area contributed by atoms with Crippen molar-refractivity contribution in [1.29, 1.82) is 0 Å². The maximum Gasteiger partial charge on any atom is 0.256 e. The van der Waals surface area contributed by atoms with Gasteiger partial charge in [0, 0.05) is 17.0 Å². The van der Waals surface area contributed by atoms with Crippen LogP contribution in [0.1, 0.15) is 30.9 Å². The number of rotatable bonds is 2. The zero-order chi connectivity index (χ0) is 16.8. The summed E-state index contributed by atoms with van der Waals surface area (Å²) >= 11 is 0. The standard InChI is InChI=1S/C22H22NO/c1-14(2)16-9-10-19-17(13-16)11-12-23(4)21(19)22-15(3)18-7-5-6-8-20(18)24-22/h5-14H,1-4H3/q+1. The van der Waals surface area contributed by atoms with Crippen LogP contribution in [0.25, 0.3) is 33.2 Å². The molecule has 0 amide bonds. The van der Waals surface area contributed by atoms with Gasteiger partial charge in [-0.15, -0.1) is 0 Å². The Balaban J connectivity index is 2.04. The van der Waals surface area contributed by atoms with E-state index in [9.17, 15) is 0 Å². The molecule has 120 valence electrons. The number of aryl methyl sites for hydroxylation is 2. The molecular formula is C22H22NO+. The third-order valence-electron chi connectivity index (χ3n) is 4.89. The molecule has 0 spiro atoms. The third-order valence-corrected chi connectivity index (χ3v) is 4.89. The number of furan rings is 1. The summed E-state index contributed by atoms with van der Waals surface area (Å²) < 4.78 is 8.39. The predicted molar refractivity (Wildman–Crippen MR) is 99.2 cm³/mol. The second-order valence-corrected chi connectivity index (χ2v) is 6.83. The fourth-order valence-corrected chi connectivity index (χ4v) is 3.43. The minimum Gasteiger partial charge on any atom is -0.449 e. The van der Waals surface area contributed by atoms with Crippen molar-refractivity contribution in [2.24, 2.45) is 7.05 Å². The van der Waals surface area contributed by atoms with Gasteiger partial charge in [0.15, 0.2) is 6.20 Å². The highest BCUT2D eigenvalue weighted by Crippen LogP contribution is 2.35. The van der Waals surface area contributed by atoms with Crippen LogP contribution in [0, 0.1) is 6.92 Å².